The van der Waals surface area contributed by atoms with E-state index in [-0.39, 0.29) is 11.3 Å². The van der Waals surface area contributed by atoms with Crippen LogP contribution in [0.2, 0.25) is 0 Å². The van der Waals surface area contributed by atoms with E-state index in [1.54, 1.807) is 0 Å². The van der Waals surface area contributed by atoms with Gasteiger partial charge in [-0.15, -0.1) is 0 Å². The highest BCUT2D eigenvalue weighted by Gasteiger charge is 2.31. The van der Waals surface area contributed by atoms with Crippen molar-refractivity contribution in [2.45, 2.75) is 59.9 Å². The van der Waals surface area contributed by atoms with Crippen LogP contribution >= 0.6 is 0 Å². The molecule has 1 saturated heterocycles. The maximum absolute atomic E-state index is 12.7. The molecule has 1 aliphatic rings. The van der Waals surface area contributed by atoms with E-state index in [0.717, 1.165) is 43.7 Å². The number of rotatable bonds is 4. The van der Waals surface area contributed by atoms with Crippen LogP contribution in [-0.4, -0.2) is 38.7 Å². The van der Waals surface area contributed by atoms with Crippen molar-refractivity contribution in [2.24, 2.45) is 11.3 Å². The second kappa shape index (κ2) is 7.83. The second-order valence-electron chi connectivity index (χ2n) is 8.98. The van der Waals surface area contributed by atoms with E-state index < -0.39 is 0 Å². The van der Waals surface area contributed by atoms with Crippen LogP contribution in [0.3, 0.4) is 0 Å². The van der Waals surface area contributed by atoms with Gasteiger partial charge >= 0.3 is 0 Å². The van der Waals surface area contributed by atoms with Gasteiger partial charge in [0.05, 0.1) is 11.4 Å². The summed E-state index contributed by atoms with van der Waals surface area (Å²) in [6.45, 7) is 12.0. The topological polar surface area (TPSA) is 51.0 Å². The van der Waals surface area contributed by atoms with Gasteiger partial charge in [-0.1, -0.05) is 26.8 Å². The van der Waals surface area contributed by atoms with Gasteiger partial charge in [0.1, 0.15) is 0 Å². The van der Waals surface area contributed by atoms with Gasteiger partial charge in [0.2, 0.25) is 5.91 Å². The summed E-state index contributed by atoms with van der Waals surface area (Å²) in [5.41, 5.74) is 3.02. The monoisotopic (exact) mass is 368 g/mol. The molecule has 1 aliphatic heterocycles. The van der Waals surface area contributed by atoms with Crippen molar-refractivity contribution in [3.05, 3.63) is 36.2 Å². The molecule has 5 nitrogen and oxygen atoms in total. The van der Waals surface area contributed by atoms with E-state index in [1.807, 2.05) is 50.0 Å². The minimum Gasteiger partial charge on any atom is -0.342 e. The molecule has 0 aromatic carbocycles. The molecule has 0 saturated carbocycles. The molecule has 2 aromatic rings. The molecule has 5 heteroatoms. The lowest BCUT2D eigenvalue weighted by Gasteiger charge is -2.36. The molecule has 0 bridgehead atoms. The van der Waals surface area contributed by atoms with Crippen molar-refractivity contribution in [3.63, 3.8) is 0 Å². The zero-order chi connectivity index (χ0) is 19.6. The maximum Gasteiger partial charge on any atom is 0.227 e. The highest BCUT2D eigenvalue weighted by atomic mass is 16.2. The van der Waals surface area contributed by atoms with Crippen LogP contribution in [0.1, 0.15) is 59.1 Å². The molecule has 3 rings (SSSR count). The third-order valence-corrected chi connectivity index (χ3v) is 5.25. The van der Waals surface area contributed by atoms with Gasteiger partial charge < -0.3 is 4.90 Å². The van der Waals surface area contributed by atoms with Crippen LogP contribution in [0, 0.1) is 11.3 Å². The summed E-state index contributed by atoms with van der Waals surface area (Å²) in [4.78, 5) is 19.4. The molecule has 27 heavy (non-hydrogen) atoms. The Morgan fingerprint density at radius 3 is 2.74 bits per heavy atom. The van der Waals surface area contributed by atoms with E-state index in [2.05, 4.69) is 34.9 Å². The molecule has 1 fully saturated rings. The van der Waals surface area contributed by atoms with Gasteiger partial charge in [0.15, 0.2) is 0 Å². The second-order valence-corrected chi connectivity index (χ2v) is 8.98. The smallest absolute Gasteiger partial charge is 0.227 e. The number of nitrogens with zero attached hydrogens (tertiary/aromatic N) is 4. The van der Waals surface area contributed by atoms with Crippen molar-refractivity contribution in [3.8, 4) is 11.4 Å². The normalized spacial score (nSPS) is 18.1. The summed E-state index contributed by atoms with van der Waals surface area (Å²) in [5.74, 6) is 0.736. The third kappa shape index (κ3) is 4.40. The Labute approximate surface area is 162 Å². The minimum absolute atomic E-state index is 0.261. The first kappa shape index (κ1) is 19.6. The Kier molecular flexibility index (Phi) is 5.68. The Hall–Kier alpha value is -2.17. The number of piperidine rings is 1. The van der Waals surface area contributed by atoms with Crippen molar-refractivity contribution in [2.75, 3.05) is 13.1 Å². The summed E-state index contributed by atoms with van der Waals surface area (Å²) >= 11 is 0. The Balaban J connectivity index is 1.80. The van der Waals surface area contributed by atoms with E-state index in [9.17, 15) is 4.79 Å². The summed E-state index contributed by atoms with van der Waals surface area (Å²) in [6, 6.07) is 6.52. The number of aromatic nitrogens is 3. The molecule has 146 valence electrons. The lowest BCUT2D eigenvalue weighted by molar-refractivity contribution is -0.141. The number of pyridine rings is 1. The van der Waals surface area contributed by atoms with Gasteiger partial charge in [-0.05, 0) is 56.7 Å². The van der Waals surface area contributed by atoms with E-state index >= 15 is 0 Å². The summed E-state index contributed by atoms with van der Waals surface area (Å²) < 4.78 is 2.03. The average molecular weight is 369 g/mol. The Morgan fingerprint density at radius 2 is 2.04 bits per heavy atom. The molecule has 1 amide bonds. The summed E-state index contributed by atoms with van der Waals surface area (Å²) in [6.07, 6.45) is 6.88. The number of likely N-dealkylation sites (tertiary alicyclic amines) is 1. The standard InChI is InChI=1S/C22H32N4O/c1-16(2)26-19(10-12-24-26)20-18(9-6-11-23-20)14-17-8-7-13-25(15-17)21(27)22(3,4)5/h6,9-12,16-17H,7-8,13-15H2,1-5H3/t17-/m0/s1. The predicted octanol–water partition coefficient (Wildman–Crippen LogP) is 4.35. The number of hydrogen-bond donors (Lipinski definition) is 0. The first-order valence-corrected chi connectivity index (χ1v) is 10.0. The highest BCUT2D eigenvalue weighted by molar-refractivity contribution is 5.81. The fourth-order valence-corrected chi connectivity index (χ4v) is 3.95. The number of carbonyl (C=O) groups excluding carboxylic acids is 1. The van der Waals surface area contributed by atoms with Gasteiger partial charge in [0.25, 0.3) is 0 Å². The Bertz CT molecular complexity index is 788. The molecule has 0 unspecified atom stereocenters. The van der Waals surface area contributed by atoms with Crippen LogP contribution in [0.5, 0.6) is 0 Å². The van der Waals surface area contributed by atoms with E-state index in [0.29, 0.717) is 12.0 Å². The molecule has 0 radical (unpaired) electrons. The number of hydrogen-bond acceptors (Lipinski definition) is 3. The number of amides is 1. The summed E-state index contributed by atoms with van der Waals surface area (Å²) in [5, 5.41) is 4.47. The number of carbonyl (C=O) groups is 1. The van der Waals surface area contributed by atoms with Crippen molar-refractivity contribution < 1.29 is 4.79 Å². The van der Waals surface area contributed by atoms with Crippen LogP contribution in [0.15, 0.2) is 30.6 Å². The molecule has 0 spiro atoms. The van der Waals surface area contributed by atoms with Crippen LogP contribution < -0.4 is 0 Å². The van der Waals surface area contributed by atoms with Crippen LogP contribution in [-0.2, 0) is 11.2 Å². The fraction of sp³-hybridized carbons (Fsp3) is 0.591. The van der Waals surface area contributed by atoms with Gasteiger partial charge in [-0.25, -0.2) is 0 Å². The van der Waals surface area contributed by atoms with Gasteiger partial charge in [-0.2, -0.15) is 5.10 Å². The van der Waals surface area contributed by atoms with Crippen LogP contribution in [0.25, 0.3) is 11.4 Å². The first-order chi connectivity index (χ1) is 12.8. The molecule has 3 heterocycles. The SMILES string of the molecule is CC(C)n1nccc1-c1ncccc1C[C@@H]1CCCN(C(=O)C(C)(C)C)C1. The molecule has 0 aliphatic carbocycles. The lowest BCUT2D eigenvalue weighted by atomic mass is 9.87. The molecule has 2 aromatic heterocycles. The summed E-state index contributed by atoms with van der Waals surface area (Å²) in [7, 11) is 0. The van der Waals surface area contributed by atoms with E-state index in [1.165, 1.54) is 5.56 Å². The van der Waals surface area contributed by atoms with E-state index in [4.69, 9.17) is 0 Å². The third-order valence-electron chi connectivity index (χ3n) is 5.25. The molecular weight excluding hydrogens is 336 g/mol. The predicted molar refractivity (Wildman–Crippen MR) is 108 cm³/mol. The van der Waals surface area contributed by atoms with Crippen molar-refractivity contribution in [1.82, 2.24) is 19.7 Å². The molecule has 0 N–H and O–H groups in total. The average Bonchev–Trinajstić information content (AvgIpc) is 3.11. The van der Waals surface area contributed by atoms with Crippen molar-refractivity contribution in [1.29, 1.82) is 0 Å². The molecule has 1 atom stereocenters. The lowest BCUT2D eigenvalue weighted by Crippen LogP contribution is -2.45. The zero-order valence-electron chi connectivity index (χ0n) is 17.3. The quantitative estimate of drug-likeness (QED) is 0.806. The van der Waals surface area contributed by atoms with Gasteiger partial charge in [0, 0.05) is 36.9 Å². The first-order valence-electron chi connectivity index (χ1n) is 10.0. The molecular formula is C22H32N4O. The minimum atomic E-state index is -0.314. The van der Waals surface area contributed by atoms with Gasteiger partial charge in [-0.3, -0.25) is 14.5 Å². The maximum atomic E-state index is 12.7. The highest BCUT2D eigenvalue weighted by Crippen LogP contribution is 2.29. The largest absolute Gasteiger partial charge is 0.342 e. The fourth-order valence-electron chi connectivity index (χ4n) is 3.95. The van der Waals surface area contributed by atoms with Crippen LogP contribution in [0.4, 0.5) is 0 Å². The van der Waals surface area contributed by atoms with Crippen molar-refractivity contribution >= 4 is 5.91 Å². The Morgan fingerprint density at radius 1 is 1.26 bits per heavy atom. The zero-order valence-corrected chi connectivity index (χ0v) is 17.3.